The monoisotopic (exact) mass is 783 g/mol. The van der Waals surface area contributed by atoms with Gasteiger partial charge in [0.05, 0.1) is 0 Å². The fraction of sp³-hybridized carbons (Fsp3) is 0.425. The van der Waals surface area contributed by atoms with Crippen molar-refractivity contribution in [1.29, 1.82) is 0 Å². The fourth-order valence-corrected chi connectivity index (χ4v) is 7.18. The minimum Gasteiger partial charge on any atom is -0.508 e. The summed E-state index contributed by atoms with van der Waals surface area (Å²) in [7, 11) is 0. The summed E-state index contributed by atoms with van der Waals surface area (Å²) in [5.74, 6) is -3.21. The quantitative estimate of drug-likeness (QED) is 0.0661. The van der Waals surface area contributed by atoms with Gasteiger partial charge in [-0.2, -0.15) is 0 Å². The molecule has 13 N–H and O–H groups in total. The molecule has 2 fully saturated rings. The third kappa shape index (κ3) is 12.0. The summed E-state index contributed by atoms with van der Waals surface area (Å²) < 4.78 is 0. The number of benzene rings is 3. The minimum atomic E-state index is -1.18. The third-order valence-electron chi connectivity index (χ3n) is 10.1. The Morgan fingerprint density at radius 3 is 1.77 bits per heavy atom. The van der Waals surface area contributed by atoms with E-state index in [-0.39, 0.29) is 69.4 Å². The minimum absolute atomic E-state index is 0.0128. The first kappa shape index (κ1) is 41.8. The summed E-state index contributed by atoms with van der Waals surface area (Å²) >= 11 is 0. The molecule has 304 valence electrons. The zero-order chi connectivity index (χ0) is 40.9. The van der Waals surface area contributed by atoms with Gasteiger partial charge in [-0.05, 0) is 79.0 Å². The molecule has 0 aromatic heterocycles. The van der Waals surface area contributed by atoms with Crippen molar-refractivity contribution < 1.29 is 29.1 Å². The summed E-state index contributed by atoms with van der Waals surface area (Å²) in [6.07, 6.45) is 2.49. The number of nitrogens with one attached hydrogen (secondary N) is 4. The number of piperidine rings is 1. The number of aliphatic imine (C=N–C) groups is 2. The van der Waals surface area contributed by atoms with Crippen molar-refractivity contribution in [2.24, 2.45) is 32.9 Å². The van der Waals surface area contributed by atoms with Gasteiger partial charge in [0.15, 0.2) is 11.9 Å². The molecule has 2 saturated heterocycles. The Morgan fingerprint density at radius 2 is 1.16 bits per heavy atom. The molecule has 0 bridgehead atoms. The van der Waals surface area contributed by atoms with Gasteiger partial charge >= 0.3 is 0 Å². The molecule has 2 aliphatic rings. The number of aromatic hydroxyl groups is 1. The molecule has 0 aliphatic carbocycles. The molecule has 17 nitrogen and oxygen atoms in total. The van der Waals surface area contributed by atoms with Gasteiger partial charge in [-0.3, -0.25) is 34.0 Å². The molecule has 0 spiro atoms. The van der Waals surface area contributed by atoms with Gasteiger partial charge in [0.25, 0.3) is 0 Å². The van der Waals surface area contributed by atoms with Crippen molar-refractivity contribution in [2.45, 2.75) is 88.0 Å². The molecule has 0 radical (unpaired) electrons. The lowest BCUT2D eigenvalue weighted by Gasteiger charge is -2.38. The zero-order valence-corrected chi connectivity index (χ0v) is 31.9. The predicted molar refractivity (Wildman–Crippen MR) is 216 cm³/mol. The van der Waals surface area contributed by atoms with Crippen LogP contribution in [0.15, 0.2) is 76.7 Å². The van der Waals surface area contributed by atoms with Crippen LogP contribution in [0.5, 0.6) is 5.75 Å². The molecule has 3 aromatic rings. The number of carbonyl (C=O) groups excluding carboxylic acids is 5. The first-order valence-electron chi connectivity index (χ1n) is 19.3. The number of nitrogens with zero attached hydrogens (tertiary/aromatic N) is 3. The molecular weight excluding hydrogens is 731 g/mol. The molecule has 3 aromatic carbocycles. The molecule has 0 saturated carbocycles. The van der Waals surface area contributed by atoms with E-state index in [1.54, 1.807) is 12.1 Å². The van der Waals surface area contributed by atoms with Crippen LogP contribution in [0.2, 0.25) is 0 Å². The van der Waals surface area contributed by atoms with E-state index in [1.165, 1.54) is 17.0 Å². The lowest BCUT2D eigenvalue weighted by molar-refractivity contribution is -0.145. The molecule has 17 heteroatoms. The zero-order valence-electron chi connectivity index (χ0n) is 31.9. The highest BCUT2D eigenvalue weighted by Gasteiger charge is 2.39. The summed E-state index contributed by atoms with van der Waals surface area (Å²) in [6.45, 7) is 0.586. The average molecular weight is 784 g/mol. The number of hydrogen-bond acceptors (Lipinski definition) is 8. The third-order valence-corrected chi connectivity index (χ3v) is 10.1. The highest BCUT2D eigenvalue weighted by molar-refractivity contribution is 5.98. The Labute approximate surface area is 331 Å². The van der Waals surface area contributed by atoms with Crippen molar-refractivity contribution in [3.8, 4) is 5.75 Å². The number of carbonyl (C=O) groups is 5. The van der Waals surface area contributed by atoms with Gasteiger partial charge in [0.1, 0.15) is 36.0 Å². The first-order chi connectivity index (χ1) is 27.4. The van der Waals surface area contributed by atoms with Crippen LogP contribution in [0.3, 0.4) is 0 Å². The summed E-state index contributed by atoms with van der Waals surface area (Å²) in [4.78, 5) is 80.9. The van der Waals surface area contributed by atoms with E-state index >= 15 is 0 Å². The maximum Gasteiger partial charge on any atom is 0.246 e. The van der Waals surface area contributed by atoms with E-state index in [2.05, 4.69) is 31.3 Å². The molecule has 2 heterocycles. The standard InChI is InChI=1S/C40H53N11O6/c41-39(42)45-18-5-9-29-34(53)47-30(10-6-19-46-40(43)44)35(54)50-32(23-25-12-15-26-7-1-2-8-27(26)21-25)38(57)51-20-4-3-11-33(51)37(56)49-31(36(55)48-29)22-24-13-16-28(52)17-14-24/h1-2,7-8,12-17,21,29-33,52H,3-6,9-11,18-20,22-23H2,(H,47,53)(H,48,55)(H,49,56)(H,50,54)(H4,41,42,45)(H4,43,44,46)/t29-,30+,31-,32+,33+/m1/s1. The first-order valence-corrected chi connectivity index (χ1v) is 19.3. The van der Waals surface area contributed by atoms with E-state index < -0.39 is 59.7 Å². The molecule has 0 unspecified atom stereocenters. The molecule has 5 atom stereocenters. The topological polar surface area (TPSA) is 286 Å². The Kier molecular flexibility index (Phi) is 14.6. The van der Waals surface area contributed by atoms with Crippen LogP contribution in [0.1, 0.15) is 56.1 Å². The summed E-state index contributed by atoms with van der Waals surface area (Å²) in [5.41, 5.74) is 23.5. The Bertz CT molecular complexity index is 1960. The van der Waals surface area contributed by atoms with Gasteiger partial charge in [0.2, 0.25) is 29.5 Å². The smallest absolute Gasteiger partial charge is 0.246 e. The summed E-state index contributed by atoms with van der Waals surface area (Å²) in [6, 6.07) is 14.2. The lowest BCUT2D eigenvalue weighted by atomic mass is 9.96. The van der Waals surface area contributed by atoms with Gasteiger partial charge in [-0.25, -0.2) is 0 Å². The fourth-order valence-electron chi connectivity index (χ4n) is 7.18. The van der Waals surface area contributed by atoms with E-state index in [0.29, 0.717) is 31.2 Å². The van der Waals surface area contributed by atoms with Crippen LogP contribution >= 0.6 is 0 Å². The number of amides is 5. The second-order valence-electron chi connectivity index (χ2n) is 14.4. The Hall–Kier alpha value is -6.39. The Morgan fingerprint density at radius 1 is 0.632 bits per heavy atom. The van der Waals surface area contributed by atoms with Crippen LogP contribution in [-0.4, -0.2) is 101 Å². The van der Waals surface area contributed by atoms with Crippen LogP contribution < -0.4 is 44.2 Å². The number of fused-ring (bicyclic) bond motifs is 2. The highest BCUT2D eigenvalue weighted by Crippen LogP contribution is 2.22. The van der Waals surface area contributed by atoms with Gasteiger partial charge < -0.3 is 54.2 Å². The van der Waals surface area contributed by atoms with Crippen LogP contribution in [0.4, 0.5) is 0 Å². The van der Waals surface area contributed by atoms with E-state index in [0.717, 1.165) is 16.3 Å². The van der Waals surface area contributed by atoms with Crippen molar-refractivity contribution in [3.05, 3.63) is 77.9 Å². The van der Waals surface area contributed by atoms with E-state index in [1.807, 2.05) is 42.5 Å². The van der Waals surface area contributed by atoms with E-state index in [4.69, 9.17) is 22.9 Å². The second kappa shape index (κ2) is 20.0. The van der Waals surface area contributed by atoms with Gasteiger partial charge in [-0.15, -0.1) is 0 Å². The van der Waals surface area contributed by atoms with Crippen molar-refractivity contribution in [1.82, 2.24) is 26.2 Å². The molecule has 5 amide bonds. The number of guanidine groups is 2. The normalized spacial score (nSPS) is 22.1. The molecule has 57 heavy (non-hydrogen) atoms. The number of nitrogens with two attached hydrogens (primary N) is 4. The maximum absolute atomic E-state index is 14.7. The van der Waals surface area contributed by atoms with Crippen LogP contribution in [0, 0.1) is 0 Å². The largest absolute Gasteiger partial charge is 0.508 e. The van der Waals surface area contributed by atoms with Crippen molar-refractivity contribution in [3.63, 3.8) is 0 Å². The summed E-state index contributed by atoms with van der Waals surface area (Å²) in [5, 5.41) is 23.2. The van der Waals surface area contributed by atoms with Crippen LogP contribution in [-0.2, 0) is 36.8 Å². The number of phenols is 1. The predicted octanol–water partition coefficient (Wildman–Crippen LogP) is -0.228. The number of hydrogen-bond donors (Lipinski definition) is 9. The van der Waals surface area contributed by atoms with Gasteiger partial charge in [-0.1, -0.05) is 54.6 Å². The van der Waals surface area contributed by atoms with Crippen molar-refractivity contribution >= 4 is 52.2 Å². The highest BCUT2D eigenvalue weighted by atomic mass is 16.3. The average Bonchev–Trinajstić information content (AvgIpc) is 3.19. The van der Waals surface area contributed by atoms with Crippen molar-refractivity contribution in [2.75, 3.05) is 19.6 Å². The van der Waals surface area contributed by atoms with Gasteiger partial charge in [0, 0.05) is 32.5 Å². The Balaban J connectivity index is 1.54. The molecule has 5 rings (SSSR count). The lowest BCUT2D eigenvalue weighted by Crippen LogP contribution is -2.60. The molecule has 2 aliphatic heterocycles. The molecular formula is C40H53N11O6. The number of phenolic OH excluding ortho intramolecular Hbond substituents is 1. The number of rotatable bonds is 12. The second-order valence-corrected chi connectivity index (χ2v) is 14.4. The van der Waals surface area contributed by atoms with E-state index in [9.17, 15) is 29.1 Å². The SMILES string of the molecule is NC(N)=NCCC[C@@H]1NC(=O)[C@@H](CCCN=C(N)N)NC(=O)[C@@H](Cc2ccc(O)cc2)NC(=O)[C@@H]2CCCCN2C(=O)[C@H](Cc2ccc3ccccc3c2)NC1=O. The maximum atomic E-state index is 14.7. The van der Waals surface area contributed by atoms with Crippen LogP contribution in [0.25, 0.3) is 10.8 Å².